The molecule has 0 saturated heterocycles. The summed E-state index contributed by atoms with van der Waals surface area (Å²) in [6.07, 6.45) is 1.76. The minimum atomic E-state index is -0.108. The summed E-state index contributed by atoms with van der Waals surface area (Å²) in [6, 6.07) is 6.04. The molecule has 0 aliphatic heterocycles. The standard InChI is InChI=1S/C16H22N2O2S/c1-10-5-6-13-12(8-10)14(17)15(21-13)16(20)18-7-3-4-11(2)9-19/h5-6,8,11,19H,3-4,7,9,17H2,1-2H3,(H,18,20). The Morgan fingerprint density at radius 2 is 2.24 bits per heavy atom. The number of amides is 1. The predicted octanol–water partition coefficient (Wildman–Crippen LogP) is 2.93. The van der Waals surface area contributed by atoms with Crippen molar-refractivity contribution in [2.45, 2.75) is 26.7 Å². The van der Waals surface area contributed by atoms with Crippen molar-refractivity contribution < 1.29 is 9.90 Å². The minimum Gasteiger partial charge on any atom is -0.397 e. The second kappa shape index (κ2) is 6.91. The first-order valence-electron chi connectivity index (χ1n) is 7.20. The molecule has 0 aliphatic carbocycles. The fourth-order valence-electron chi connectivity index (χ4n) is 2.22. The summed E-state index contributed by atoms with van der Waals surface area (Å²) in [4.78, 5) is 12.8. The van der Waals surface area contributed by atoms with Crippen LogP contribution in [-0.4, -0.2) is 24.2 Å². The van der Waals surface area contributed by atoms with Gasteiger partial charge in [0.2, 0.25) is 0 Å². The van der Waals surface area contributed by atoms with E-state index in [1.165, 1.54) is 11.3 Å². The molecule has 0 bridgehead atoms. The van der Waals surface area contributed by atoms with Gasteiger partial charge in [0.15, 0.2) is 0 Å². The number of anilines is 1. The number of nitrogen functional groups attached to an aromatic ring is 1. The molecule has 1 unspecified atom stereocenters. The molecule has 2 rings (SSSR count). The Labute approximate surface area is 129 Å². The van der Waals surface area contributed by atoms with E-state index in [0.717, 1.165) is 28.5 Å². The van der Waals surface area contributed by atoms with Gasteiger partial charge in [-0.25, -0.2) is 0 Å². The SMILES string of the molecule is Cc1ccc2sc(C(=O)NCCCC(C)CO)c(N)c2c1. The van der Waals surface area contributed by atoms with Gasteiger partial charge < -0.3 is 16.2 Å². The number of benzene rings is 1. The van der Waals surface area contributed by atoms with Crippen LogP contribution in [0.5, 0.6) is 0 Å². The number of carbonyl (C=O) groups excluding carboxylic acids is 1. The molecule has 0 saturated carbocycles. The van der Waals surface area contributed by atoms with Crippen molar-refractivity contribution in [2.75, 3.05) is 18.9 Å². The fourth-order valence-corrected chi connectivity index (χ4v) is 3.24. The Kier molecular flexibility index (Phi) is 5.20. The Morgan fingerprint density at radius 1 is 1.48 bits per heavy atom. The average Bonchev–Trinajstić information content (AvgIpc) is 2.80. The van der Waals surface area contributed by atoms with Crippen LogP contribution in [0.15, 0.2) is 18.2 Å². The monoisotopic (exact) mass is 306 g/mol. The Bertz CT molecular complexity index is 636. The molecule has 1 aromatic carbocycles. The van der Waals surface area contributed by atoms with Crippen molar-refractivity contribution in [2.24, 2.45) is 5.92 Å². The zero-order valence-electron chi connectivity index (χ0n) is 12.5. The summed E-state index contributed by atoms with van der Waals surface area (Å²) in [5.41, 5.74) is 7.80. The summed E-state index contributed by atoms with van der Waals surface area (Å²) in [5, 5.41) is 12.8. The third-order valence-corrected chi connectivity index (χ3v) is 4.74. The van der Waals surface area contributed by atoms with Gasteiger partial charge in [0.1, 0.15) is 4.88 Å². The average molecular weight is 306 g/mol. The van der Waals surface area contributed by atoms with E-state index in [4.69, 9.17) is 10.8 Å². The summed E-state index contributed by atoms with van der Waals surface area (Å²) < 4.78 is 1.04. The molecule has 4 N–H and O–H groups in total. The van der Waals surface area contributed by atoms with Crippen LogP contribution in [0, 0.1) is 12.8 Å². The number of hydrogen-bond acceptors (Lipinski definition) is 4. The molecule has 21 heavy (non-hydrogen) atoms. The summed E-state index contributed by atoms with van der Waals surface area (Å²) in [6.45, 7) is 4.80. The van der Waals surface area contributed by atoms with Gasteiger partial charge in [-0.05, 0) is 37.8 Å². The van der Waals surface area contributed by atoms with Crippen LogP contribution < -0.4 is 11.1 Å². The van der Waals surface area contributed by atoms with Gasteiger partial charge in [-0.2, -0.15) is 0 Å². The Hall–Kier alpha value is -1.59. The van der Waals surface area contributed by atoms with Gasteiger partial charge in [-0.3, -0.25) is 4.79 Å². The normalized spacial score (nSPS) is 12.5. The lowest BCUT2D eigenvalue weighted by molar-refractivity contribution is 0.0957. The molecule has 0 fully saturated rings. The Balaban J connectivity index is 2.01. The van der Waals surface area contributed by atoms with Crippen LogP contribution in [0.25, 0.3) is 10.1 Å². The number of thiophene rings is 1. The fraction of sp³-hybridized carbons (Fsp3) is 0.438. The molecule has 1 amide bonds. The number of nitrogens with two attached hydrogens (primary N) is 1. The number of fused-ring (bicyclic) bond motifs is 1. The highest BCUT2D eigenvalue weighted by Gasteiger charge is 2.16. The van der Waals surface area contributed by atoms with Crippen LogP contribution >= 0.6 is 11.3 Å². The van der Waals surface area contributed by atoms with Gasteiger partial charge in [0, 0.05) is 23.2 Å². The van der Waals surface area contributed by atoms with E-state index in [9.17, 15) is 4.79 Å². The van der Waals surface area contributed by atoms with Crippen molar-refractivity contribution in [3.8, 4) is 0 Å². The predicted molar refractivity (Wildman–Crippen MR) is 88.8 cm³/mol. The first-order valence-corrected chi connectivity index (χ1v) is 8.02. The van der Waals surface area contributed by atoms with E-state index in [0.29, 0.717) is 17.1 Å². The number of aliphatic hydroxyl groups excluding tert-OH is 1. The molecule has 0 spiro atoms. The van der Waals surface area contributed by atoms with Gasteiger partial charge in [0.25, 0.3) is 5.91 Å². The molecule has 5 heteroatoms. The zero-order chi connectivity index (χ0) is 15.4. The highest BCUT2D eigenvalue weighted by Crippen LogP contribution is 2.34. The Morgan fingerprint density at radius 3 is 2.95 bits per heavy atom. The maximum Gasteiger partial charge on any atom is 0.263 e. The topological polar surface area (TPSA) is 75.3 Å². The third-order valence-electron chi connectivity index (χ3n) is 3.56. The number of nitrogens with one attached hydrogen (secondary N) is 1. The molecule has 1 aromatic heterocycles. The summed E-state index contributed by atoms with van der Waals surface area (Å²) >= 11 is 1.43. The lowest BCUT2D eigenvalue weighted by Gasteiger charge is -2.08. The summed E-state index contributed by atoms with van der Waals surface area (Å²) in [5.74, 6) is 0.169. The van der Waals surface area contributed by atoms with Gasteiger partial charge >= 0.3 is 0 Å². The van der Waals surface area contributed by atoms with Gasteiger partial charge in [0.05, 0.1) is 5.69 Å². The molecular weight excluding hydrogens is 284 g/mol. The molecule has 0 radical (unpaired) electrons. The molecular formula is C16H22N2O2S. The zero-order valence-corrected chi connectivity index (χ0v) is 13.3. The van der Waals surface area contributed by atoms with Gasteiger partial charge in [-0.15, -0.1) is 11.3 Å². The van der Waals surface area contributed by atoms with Crippen LogP contribution in [0.4, 0.5) is 5.69 Å². The van der Waals surface area contributed by atoms with E-state index in [-0.39, 0.29) is 18.4 Å². The van der Waals surface area contributed by atoms with E-state index < -0.39 is 0 Å². The molecule has 1 atom stereocenters. The maximum atomic E-state index is 12.2. The first-order chi connectivity index (χ1) is 10.0. The van der Waals surface area contributed by atoms with E-state index in [2.05, 4.69) is 5.32 Å². The van der Waals surface area contributed by atoms with Crippen molar-refractivity contribution in [1.82, 2.24) is 5.32 Å². The molecule has 2 aromatic rings. The molecule has 0 aliphatic rings. The highest BCUT2D eigenvalue weighted by atomic mass is 32.1. The number of hydrogen-bond donors (Lipinski definition) is 3. The first kappa shape index (κ1) is 15.8. The van der Waals surface area contributed by atoms with Crippen molar-refractivity contribution in [3.05, 3.63) is 28.6 Å². The van der Waals surface area contributed by atoms with Crippen molar-refractivity contribution in [3.63, 3.8) is 0 Å². The largest absolute Gasteiger partial charge is 0.397 e. The minimum absolute atomic E-state index is 0.108. The van der Waals surface area contributed by atoms with Crippen LogP contribution in [0.3, 0.4) is 0 Å². The van der Waals surface area contributed by atoms with E-state index in [1.807, 2.05) is 32.0 Å². The number of aliphatic hydroxyl groups is 1. The maximum absolute atomic E-state index is 12.2. The molecule has 4 nitrogen and oxygen atoms in total. The second-order valence-corrected chi connectivity index (χ2v) is 6.58. The van der Waals surface area contributed by atoms with Crippen molar-refractivity contribution >= 4 is 33.0 Å². The smallest absolute Gasteiger partial charge is 0.263 e. The van der Waals surface area contributed by atoms with Crippen LogP contribution in [0.2, 0.25) is 0 Å². The van der Waals surface area contributed by atoms with Crippen LogP contribution in [0.1, 0.15) is 35.0 Å². The van der Waals surface area contributed by atoms with Gasteiger partial charge in [-0.1, -0.05) is 18.6 Å². The lowest BCUT2D eigenvalue weighted by Crippen LogP contribution is -2.24. The number of rotatable bonds is 6. The molecule has 114 valence electrons. The van der Waals surface area contributed by atoms with E-state index >= 15 is 0 Å². The number of aryl methyl sites for hydroxylation is 1. The molecule has 1 heterocycles. The lowest BCUT2D eigenvalue weighted by atomic mass is 10.1. The third kappa shape index (κ3) is 3.74. The van der Waals surface area contributed by atoms with Crippen molar-refractivity contribution in [1.29, 1.82) is 0 Å². The van der Waals surface area contributed by atoms with Crippen LogP contribution in [-0.2, 0) is 0 Å². The van der Waals surface area contributed by atoms with E-state index in [1.54, 1.807) is 0 Å². The quantitative estimate of drug-likeness (QED) is 0.718. The highest BCUT2D eigenvalue weighted by molar-refractivity contribution is 7.21. The second-order valence-electron chi connectivity index (χ2n) is 5.53. The number of carbonyl (C=O) groups is 1. The summed E-state index contributed by atoms with van der Waals surface area (Å²) in [7, 11) is 0.